The number of benzene rings is 1. The fourth-order valence-corrected chi connectivity index (χ4v) is 2.90. The largest absolute Gasteiger partial charge is 0.397 e. The Bertz CT molecular complexity index is 578. The van der Waals surface area contributed by atoms with Crippen LogP contribution in [-0.4, -0.2) is 47.9 Å². The number of sulfonamides is 1. The molecule has 1 aromatic rings. The molecule has 20 heavy (non-hydrogen) atoms. The first kappa shape index (κ1) is 15.0. The maximum absolute atomic E-state index is 11.4. The van der Waals surface area contributed by atoms with Crippen LogP contribution in [0.4, 0.5) is 11.4 Å². The van der Waals surface area contributed by atoms with E-state index in [1.165, 1.54) is 18.2 Å². The average molecular weight is 301 g/mol. The lowest BCUT2D eigenvalue weighted by Gasteiger charge is -2.20. The summed E-state index contributed by atoms with van der Waals surface area (Å²) in [7, 11) is -0.524. The van der Waals surface area contributed by atoms with Crippen molar-refractivity contribution < 1.29 is 17.9 Å². The van der Waals surface area contributed by atoms with Gasteiger partial charge in [-0.1, -0.05) is 0 Å². The maximum Gasteiger partial charge on any atom is 0.238 e. The summed E-state index contributed by atoms with van der Waals surface area (Å²) in [6.45, 7) is 1.15. The highest BCUT2D eigenvalue weighted by Gasteiger charge is 2.34. The Kier molecular flexibility index (Phi) is 4.19. The van der Waals surface area contributed by atoms with Crippen molar-refractivity contribution in [3.63, 3.8) is 0 Å². The van der Waals surface area contributed by atoms with E-state index in [1.54, 1.807) is 14.2 Å². The zero-order chi connectivity index (χ0) is 14.9. The van der Waals surface area contributed by atoms with Gasteiger partial charge in [0.1, 0.15) is 12.2 Å². The number of ether oxygens (including phenoxy) is 2. The highest BCUT2D eigenvalue weighted by atomic mass is 32.2. The molecule has 0 amide bonds. The van der Waals surface area contributed by atoms with Gasteiger partial charge in [-0.15, -0.1) is 0 Å². The van der Waals surface area contributed by atoms with Gasteiger partial charge in [0.05, 0.1) is 16.3 Å². The van der Waals surface area contributed by atoms with Gasteiger partial charge in [-0.3, -0.25) is 0 Å². The number of nitrogens with two attached hydrogens (primary N) is 2. The summed E-state index contributed by atoms with van der Waals surface area (Å²) in [6.07, 6.45) is -0.171. The fourth-order valence-electron chi connectivity index (χ4n) is 2.37. The van der Waals surface area contributed by atoms with Gasteiger partial charge >= 0.3 is 0 Å². The molecule has 2 rings (SSSR count). The minimum Gasteiger partial charge on any atom is -0.397 e. The zero-order valence-electron chi connectivity index (χ0n) is 11.4. The quantitative estimate of drug-likeness (QED) is 0.744. The molecule has 0 radical (unpaired) electrons. The third-order valence-corrected chi connectivity index (χ3v) is 4.40. The summed E-state index contributed by atoms with van der Waals surface area (Å²) in [4.78, 5) is 1.98. The Morgan fingerprint density at radius 3 is 2.20 bits per heavy atom. The van der Waals surface area contributed by atoms with Crippen LogP contribution in [-0.2, 0) is 19.5 Å². The topological polar surface area (TPSA) is 108 Å². The van der Waals surface area contributed by atoms with E-state index >= 15 is 0 Å². The highest BCUT2D eigenvalue weighted by molar-refractivity contribution is 7.89. The number of nitrogens with zero attached hydrogens (tertiary/aromatic N) is 1. The molecule has 1 aliphatic rings. The van der Waals surface area contributed by atoms with Gasteiger partial charge in [-0.2, -0.15) is 0 Å². The molecule has 4 N–H and O–H groups in total. The Morgan fingerprint density at radius 2 is 1.75 bits per heavy atom. The Labute approximate surface area is 118 Å². The lowest BCUT2D eigenvalue weighted by atomic mass is 10.2. The summed E-state index contributed by atoms with van der Waals surface area (Å²) >= 11 is 0. The molecule has 1 saturated heterocycles. The van der Waals surface area contributed by atoms with E-state index in [-0.39, 0.29) is 17.1 Å². The second-order valence-electron chi connectivity index (χ2n) is 4.72. The maximum atomic E-state index is 11.4. The van der Waals surface area contributed by atoms with Crippen LogP contribution in [0.15, 0.2) is 23.1 Å². The smallest absolute Gasteiger partial charge is 0.238 e. The molecule has 1 heterocycles. The first-order valence-corrected chi connectivity index (χ1v) is 7.64. The third kappa shape index (κ3) is 2.88. The van der Waals surface area contributed by atoms with Crippen molar-refractivity contribution in [2.75, 3.05) is 37.9 Å². The molecule has 1 fully saturated rings. The number of hydrogen-bond donors (Lipinski definition) is 2. The van der Waals surface area contributed by atoms with Crippen molar-refractivity contribution >= 4 is 21.4 Å². The van der Waals surface area contributed by atoms with E-state index in [0.717, 1.165) is 0 Å². The van der Waals surface area contributed by atoms with Gasteiger partial charge < -0.3 is 20.1 Å². The van der Waals surface area contributed by atoms with Crippen LogP contribution >= 0.6 is 0 Å². The van der Waals surface area contributed by atoms with E-state index in [2.05, 4.69) is 0 Å². The molecule has 0 aliphatic carbocycles. The van der Waals surface area contributed by atoms with Crippen LogP contribution in [0.5, 0.6) is 0 Å². The number of rotatable bonds is 4. The molecular weight excluding hydrogens is 282 g/mol. The summed E-state index contributed by atoms with van der Waals surface area (Å²) in [5.41, 5.74) is 7.04. The van der Waals surface area contributed by atoms with Crippen molar-refractivity contribution in [1.29, 1.82) is 0 Å². The predicted molar refractivity (Wildman–Crippen MR) is 76.0 cm³/mol. The van der Waals surface area contributed by atoms with Crippen molar-refractivity contribution in [2.24, 2.45) is 5.14 Å². The molecule has 1 aromatic carbocycles. The number of hydrogen-bond acceptors (Lipinski definition) is 6. The average Bonchev–Trinajstić information content (AvgIpc) is 2.80. The Morgan fingerprint density at radius 1 is 1.20 bits per heavy atom. The van der Waals surface area contributed by atoms with E-state index in [9.17, 15) is 8.42 Å². The van der Waals surface area contributed by atoms with Crippen molar-refractivity contribution in [1.82, 2.24) is 0 Å². The van der Waals surface area contributed by atoms with Gasteiger partial charge in [-0.25, -0.2) is 13.6 Å². The van der Waals surface area contributed by atoms with E-state index in [4.69, 9.17) is 20.3 Å². The first-order valence-electron chi connectivity index (χ1n) is 6.09. The second-order valence-corrected chi connectivity index (χ2v) is 6.28. The summed E-state index contributed by atoms with van der Waals surface area (Å²) in [6, 6.07) is 4.41. The molecule has 0 bridgehead atoms. The van der Waals surface area contributed by atoms with Crippen LogP contribution in [0.1, 0.15) is 0 Å². The van der Waals surface area contributed by atoms with Gasteiger partial charge in [-0.05, 0) is 18.2 Å². The number of methoxy groups -OCH3 is 2. The molecule has 7 nitrogen and oxygen atoms in total. The fraction of sp³-hybridized carbons (Fsp3) is 0.500. The van der Waals surface area contributed by atoms with E-state index < -0.39 is 10.0 Å². The molecule has 2 unspecified atom stereocenters. The van der Waals surface area contributed by atoms with E-state index in [1.807, 2.05) is 4.90 Å². The molecule has 0 saturated carbocycles. The molecule has 112 valence electrons. The number of nitrogen functional groups attached to an aromatic ring is 1. The van der Waals surface area contributed by atoms with Crippen LogP contribution < -0.4 is 15.8 Å². The third-order valence-electron chi connectivity index (χ3n) is 3.49. The van der Waals surface area contributed by atoms with Crippen LogP contribution in [0, 0.1) is 0 Å². The van der Waals surface area contributed by atoms with Gasteiger partial charge in [0.2, 0.25) is 10.0 Å². The van der Waals surface area contributed by atoms with Crippen molar-refractivity contribution in [2.45, 2.75) is 17.1 Å². The van der Waals surface area contributed by atoms with Crippen LogP contribution in [0.3, 0.4) is 0 Å². The lowest BCUT2D eigenvalue weighted by molar-refractivity contribution is -0.00461. The summed E-state index contributed by atoms with van der Waals surface area (Å²) in [5, 5.41) is 5.14. The van der Waals surface area contributed by atoms with Crippen LogP contribution in [0.2, 0.25) is 0 Å². The van der Waals surface area contributed by atoms with E-state index in [0.29, 0.717) is 24.5 Å². The minimum absolute atomic E-state index is 0.0385. The monoisotopic (exact) mass is 301 g/mol. The van der Waals surface area contributed by atoms with Crippen molar-refractivity contribution in [3.05, 3.63) is 18.2 Å². The molecule has 8 heteroatoms. The Hall–Kier alpha value is -1.35. The molecule has 0 aromatic heterocycles. The number of anilines is 2. The molecular formula is C12H19N3O4S. The van der Waals surface area contributed by atoms with Crippen molar-refractivity contribution in [3.8, 4) is 0 Å². The van der Waals surface area contributed by atoms with Gasteiger partial charge in [0.25, 0.3) is 0 Å². The molecule has 1 aliphatic heterocycles. The minimum atomic E-state index is -3.75. The SMILES string of the molecule is COC1CN(c2cc(S(N)(=O)=O)ccc2N)CC1OC. The lowest BCUT2D eigenvalue weighted by Crippen LogP contribution is -2.27. The second kappa shape index (κ2) is 5.57. The van der Waals surface area contributed by atoms with Gasteiger partial charge in [0.15, 0.2) is 0 Å². The number of primary sulfonamides is 1. The molecule has 2 atom stereocenters. The summed E-state index contributed by atoms with van der Waals surface area (Å²) in [5.74, 6) is 0. The predicted octanol–water partition coefficient (Wildman–Crippen LogP) is -0.234. The van der Waals surface area contributed by atoms with Gasteiger partial charge in [0, 0.05) is 27.3 Å². The standard InChI is InChI=1S/C12H19N3O4S/c1-18-11-6-15(7-12(11)19-2)10-5-8(20(14,16)17)3-4-9(10)13/h3-5,11-12H,6-7,13H2,1-2H3,(H2,14,16,17). The summed E-state index contributed by atoms with van der Waals surface area (Å²) < 4.78 is 33.5. The zero-order valence-corrected chi connectivity index (χ0v) is 12.3. The molecule has 0 spiro atoms. The highest BCUT2D eigenvalue weighted by Crippen LogP contribution is 2.30. The first-order chi connectivity index (χ1) is 9.36. The van der Waals surface area contributed by atoms with Crippen LogP contribution in [0.25, 0.3) is 0 Å². The normalized spacial score (nSPS) is 23.2. The Balaban J connectivity index is 2.34.